The van der Waals surface area contributed by atoms with E-state index < -0.39 is 0 Å². The summed E-state index contributed by atoms with van der Waals surface area (Å²) in [6.45, 7) is 5.67. The van der Waals surface area contributed by atoms with Gasteiger partial charge in [-0.05, 0) is 31.1 Å². The molecule has 0 unspecified atom stereocenters. The Hall–Kier alpha value is -1.21. The number of piperidine rings is 1. The Balaban J connectivity index is 1.88. The van der Waals surface area contributed by atoms with Gasteiger partial charge >= 0.3 is 6.03 Å². The second-order valence-electron chi connectivity index (χ2n) is 5.28. The number of nitrogens with zero attached hydrogens (tertiary/aromatic N) is 3. The first-order chi connectivity index (χ1) is 9.62. The van der Waals surface area contributed by atoms with E-state index in [1.165, 1.54) is 11.3 Å². The standard InChI is InChI=1S/C13H22N4O2S/c1-3-10-15-16-11(20-10)14-12(19)17-7-5-13(4-2,9-18)6-8-17/h18H,3-9H2,1-2H3,(H,14,16,19). The number of likely N-dealkylation sites (tertiary alicyclic amines) is 1. The third-order valence-corrected chi connectivity index (χ3v) is 5.16. The van der Waals surface area contributed by atoms with E-state index in [1.54, 1.807) is 4.90 Å². The van der Waals surface area contributed by atoms with Gasteiger partial charge < -0.3 is 10.0 Å². The summed E-state index contributed by atoms with van der Waals surface area (Å²) in [5.41, 5.74) is -0.00506. The van der Waals surface area contributed by atoms with E-state index in [9.17, 15) is 9.90 Å². The fourth-order valence-corrected chi connectivity index (χ4v) is 3.09. The molecule has 7 heteroatoms. The lowest BCUT2D eigenvalue weighted by atomic mass is 9.77. The summed E-state index contributed by atoms with van der Waals surface area (Å²) in [6, 6.07) is -0.119. The van der Waals surface area contributed by atoms with Crippen LogP contribution in [-0.4, -0.2) is 45.9 Å². The summed E-state index contributed by atoms with van der Waals surface area (Å²) >= 11 is 1.41. The average molecular weight is 298 g/mol. The highest BCUT2D eigenvalue weighted by Crippen LogP contribution is 2.34. The number of hydrogen-bond donors (Lipinski definition) is 2. The van der Waals surface area contributed by atoms with Crippen molar-refractivity contribution in [1.82, 2.24) is 15.1 Å². The minimum absolute atomic E-state index is 0.00506. The highest BCUT2D eigenvalue weighted by molar-refractivity contribution is 7.15. The number of urea groups is 1. The number of aryl methyl sites for hydroxylation is 1. The van der Waals surface area contributed by atoms with Crippen molar-refractivity contribution in [2.24, 2.45) is 5.41 Å². The highest BCUT2D eigenvalue weighted by Gasteiger charge is 2.34. The molecule has 0 saturated carbocycles. The first-order valence-electron chi connectivity index (χ1n) is 7.11. The predicted octanol–water partition coefficient (Wildman–Crippen LogP) is 2.12. The predicted molar refractivity (Wildman–Crippen MR) is 78.9 cm³/mol. The zero-order chi connectivity index (χ0) is 14.6. The maximum Gasteiger partial charge on any atom is 0.323 e. The third-order valence-electron chi connectivity index (χ3n) is 4.18. The third kappa shape index (κ3) is 3.27. The van der Waals surface area contributed by atoms with Crippen LogP contribution in [-0.2, 0) is 6.42 Å². The van der Waals surface area contributed by atoms with Crippen LogP contribution in [0.3, 0.4) is 0 Å². The lowest BCUT2D eigenvalue weighted by Gasteiger charge is -2.39. The second-order valence-corrected chi connectivity index (χ2v) is 6.35. The minimum atomic E-state index is -0.119. The Bertz CT molecular complexity index is 449. The van der Waals surface area contributed by atoms with Crippen LogP contribution in [0.2, 0.25) is 0 Å². The van der Waals surface area contributed by atoms with E-state index in [0.29, 0.717) is 18.2 Å². The molecule has 2 heterocycles. The Labute approximate surface area is 123 Å². The van der Waals surface area contributed by atoms with Crippen molar-refractivity contribution < 1.29 is 9.90 Å². The lowest BCUT2D eigenvalue weighted by molar-refractivity contribution is 0.0542. The maximum absolute atomic E-state index is 12.1. The molecule has 112 valence electrons. The molecular formula is C13H22N4O2S. The summed E-state index contributed by atoms with van der Waals surface area (Å²) < 4.78 is 0. The van der Waals surface area contributed by atoms with Crippen LogP contribution in [0, 0.1) is 5.41 Å². The van der Waals surface area contributed by atoms with Gasteiger partial charge in [-0.1, -0.05) is 25.2 Å². The quantitative estimate of drug-likeness (QED) is 0.892. The number of carbonyl (C=O) groups is 1. The Morgan fingerprint density at radius 2 is 2.10 bits per heavy atom. The molecule has 6 nitrogen and oxygen atoms in total. The number of aromatic nitrogens is 2. The van der Waals surface area contributed by atoms with Gasteiger partial charge in [-0.15, -0.1) is 10.2 Å². The van der Waals surface area contributed by atoms with E-state index in [-0.39, 0.29) is 18.1 Å². The molecule has 1 aromatic heterocycles. The van der Waals surface area contributed by atoms with Crippen molar-refractivity contribution in [2.75, 3.05) is 25.0 Å². The number of hydrogen-bond acceptors (Lipinski definition) is 5. The molecule has 2 amide bonds. The smallest absolute Gasteiger partial charge is 0.323 e. The van der Waals surface area contributed by atoms with Crippen LogP contribution in [0.1, 0.15) is 38.1 Å². The number of nitrogens with one attached hydrogen (secondary N) is 1. The van der Waals surface area contributed by atoms with Crippen LogP contribution >= 0.6 is 11.3 Å². The monoisotopic (exact) mass is 298 g/mol. The normalized spacial score (nSPS) is 18.1. The Kier molecular flexibility index (Phi) is 4.93. The van der Waals surface area contributed by atoms with Crippen LogP contribution in [0.15, 0.2) is 0 Å². The van der Waals surface area contributed by atoms with Gasteiger partial charge in [0.2, 0.25) is 5.13 Å². The van der Waals surface area contributed by atoms with Crippen LogP contribution < -0.4 is 5.32 Å². The maximum atomic E-state index is 12.1. The SMILES string of the molecule is CCc1nnc(NC(=O)N2CCC(CC)(CO)CC2)s1. The van der Waals surface area contributed by atoms with E-state index in [1.807, 2.05) is 6.92 Å². The molecular weight excluding hydrogens is 276 g/mol. The van der Waals surface area contributed by atoms with E-state index in [0.717, 1.165) is 30.7 Å². The lowest BCUT2D eigenvalue weighted by Crippen LogP contribution is -2.46. The van der Waals surface area contributed by atoms with E-state index >= 15 is 0 Å². The van der Waals surface area contributed by atoms with Crippen molar-refractivity contribution in [1.29, 1.82) is 0 Å². The number of anilines is 1. The molecule has 20 heavy (non-hydrogen) atoms. The number of aliphatic hydroxyl groups is 1. The summed E-state index contributed by atoms with van der Waals surface area (Å²) in [6.07, 6.45) is 3.48. The molecule has 0 aliphatic carbocycles. The Morgan fingerprint density at radius 1 is 1.40 bits per heavy atom. The number of amides is 2. The van der Waals surface area contributed by atoms with Gasteiger partial charge in [0.1, 0.15) is 5.01 Å². The van der Waals surface area contributed by atoms with Gasteiger partial charge in [0.25, 0.3) is 0 Å². The summed E-state index contributed by atoms with van der Waals surface area (Å²) in [5, 5.41) is 21.7. The second kappa shape index (κ2) is 6.49. The molecule has 1 fully saturated rings. The van der Waals surface area contributed by atoms with E-state index in [2.05, 4.69) is 22.4 Å². The first-order valence-corrected chi connectivity index (χ1v) is 7.93. The molecule has 1 aliphatic heterocycles. The van der Waals surface area contributed by atoms with Crippen molar-refractivity contribution in [3.8, 4) is 0 Å². The largest absolute Gasteiger partial charge is 0.396 e. The van der Waals surface area contributed by atoms with E-state index in [4.69, 9.17) is 0 Å². The molecule has 1 saturated heterocycles. The first kappa shape index (κ1) is 15.2. The number of carbonyl (C=O) groups excluding carboxylic acids is 1. The fourth-order valence-electron chi connectivity index (χ4n) is 2.43. The Morgan fingerprint density at radius 3 is 2.60 bits per heavy atom. The fraction of sp³-hybridized carbons (Fsp3) is 0.769. The topological polar surface area (TPSA) is 78.4 Å². The molecule has 0 spiro atoms. The zero-order valence-corrected chi connectivity index (χ0v) is 12.9. The van der Waals surface area contributed by atoms with Crippen molar-refractivity contribution in [3.63, 3.8) is 0 Å². The van der Waals surface area contributed by atoms with Crippen molar-refractivity contribution >= 4 is 22.5 Å². The summed E-state index contributed by atoms with van der Waals surface area (Å²) in [5.74, 6) is 0. The average Bonchev–Trinajstić information content (AvgIpc) is 2.95. The van der Waals surface area contributed by atoms with Gasteiger partial charge in [0.05, 0.1) is 0 Å². The van der Waals surface area contributed by atoms with Crippen molar-refractivity contribution in [2.45, 2.75) is 39.5 Å². The molecule has 2 N–H and O–H groups in total. The minimum Gasteiger partial charge on any atom is -0.396 e. The molecule has 0 aromatic carbocycles. The van der Waals surface area contributed by atoms with Crippen LogP contribution in [0.25, 0.3) is 0 Å². The molecule has 2 rings (SSSR count). The van der Waals surface area contributed by atoms with Gasteiger partial charge in [0.15, 0.2) is 0 Å². The molecule has 1 aromatic rings. The summed E-state index contributed by atoms with van der Waals surface area (Å²) in [4.78, 5) is 13.9. The van der Waals surface area contributed by atoms with Crippen LogP contribution in [0.5, 0.6) is 0 Å². The van der Waals surface area contributed by atoms with Gasteiger partial charge in [0, 0.05) is 19.7 Å². The van der Waals surface area contributed by atoms with Gasteiger partial charge in [-0.3, -0.25) is 5.32 Å². The zero-order valence-electron chi connectivity index (χ0n) is 12.1. The molecule has 0 atom stereocenters. The van der Waals surface area contributed by atoms with Gasteiger partial charge in [-0.25, -0.2) is 4.79 Å². The number of rotatable bonds is 4. The highest BCUT2D eigenvalue weighted by atomic mass is 32.1. The molecule has 0 radical (unpaired) electrons. The van der Waals surface area contributed by atoms with Crippen LogP contribution in [0.4, 0.5) is 9.93 Å². The van der Waals surface area contributed by atoms with Crippen molar-refractivity contribution in [3.05, 3.63) is 5.01 Å². The summed E-state index contributed by atoms with van der Waals surface area (Å²) in [7, 11) is 0. The molecule has 1 aliphatic rings. The van der Waals surface area contributed by atoms with Gasteiger partial charge in [-0.2, -0.15) is 0 Å². The molecule has 0 bridgehead atoms. The number of aliphatic hydroxyl groups excluding tert-OH is 1.